The molecule has 1 aromatic carbocycles. The van der Waals surface area contributed by atoms with E-state index in [9.17, 15) is 0 Å². The molecule has 0 saturated carbocycles. The van der Waals surface area contributed by atoms with Gasteiger partial charge in [-0.25, -0.2) is 0 Å². The summed E-state index contributed by atoms with van der Waals surface area (Å²) in [6.07, 6.45) is 3.28. The van der Waals surface area contributed by atoms with Gasteiger partial charge in [0.1, 0.15) is 0 Å². The molecule has 1 atom stereocenters. The van der Waals surface area contributed by atoms with E-state index in [-0.39, 0.29) is 6.04 Å². The fraction of sp³-hybridized carbons (Fsp3) is 0.364. The van der Waals surface area contributed by atoms with Crippen molar-refractivity contribution in [1.29, 1.82) is 0 Å². The van der Waals surface area contributed by atoms with E-state index in [0.717, 1.165) is 37.4 Å². The number of aryl methyl sites for hydroxylation is 1. The highest BCUT2D eigenvalue weighted by Gasteiger charge is 2.32. The largest absolute Gasteiger partial charge is 0.493 e. The predicted molar refractivity (Wildman–Crippen MR) is 112 cm³/mol. The minimum Gasteiger partial charge on any atom is -0.493 e. The minimum atomic E-state index is 0.0781. The van der Waals surface area contributed by atoms with Gasteiger partial charge in [0.15, 0.2) is 11.5 Å². The summed E-state index contributed by atoms with van der Waals surface area (Å²) in [5.74, 6) is 2.05. The molecule has 2 aromatic heterocycles. The van der Waals surface area contributed by atoms with Gasteiger partial charge in [-0.05, 0) is 42.1 Å². The Kier molecular flexibility index (Phi) is 5.59. The lowest BCUT2D eigenvalue weighted by Gasteiger charge is -2.31. The highest BCUT2D eigenvalue weighted by Crippen LogP contribution is 2.46. The van der Waals surface area contributed by atoms with Crippen molar-refractivity contribution >= 4 is 11.3 Å². The van der Waals surface area contributed by atoms with E-state index in [1.807, 2.05) is 6.07 Å². The molecule has 0 aliphatic carbocycles. The summed E-state index contributed by atoms with van der Waals surface area (Å²) in [4.78, 5) is 3.90. The van der Waals surface area contributed by atoms with Gasteiger partial charge in [-0.3, -0.25) is 4.90 Å². The van der Waals surface area contributed by atoms with Crippen LogP contribution in [0.5, 0.6) is 17.2 Å². The maximum absolute atomic E-state index is 5.84. The highest BCUT2D eigenvalue weighted by molar-refractivity contribution is 7.09. The van der Waals surface area contributed by atoms with Gasteiger partial charge in [-0.15, -0.1) is 11.3 Å². The Hall–Kier alpha value is -2.44. The minimum absolute atomic E-state index is 0.0781. The lowest BCUT2D eigenvalue weighted by atomic mass is 9.99. The Bertz CT molecular complexity index is 920. The standard InChI is InChI=1S/C22H26N2O3S/c1-25-19-10-9-17(21(26-2)22(19)27-3)20-18-8-4-11-23(18)12-6-13-24(20)15-16-7-5-14-28-16/h4-5,7-11,14,20H,6,12-13,15H2,1-3H3. The van der Waals surface area contributed by atoms with Crippen LogP contribution >= 0.6 is 11.3 Å². The van der Waals surface area contributed by atoms with Crippen LogP contribution in [0.15, 0.2) is 48.0 Å². The molecule has 1 aliphatic rings. The third-order valence-corrected chi connectivity index (χ3v) is 6.18. The van der Waals surface area contributed by atoms with Crippen molar-refractivity contribution in [2.45, 2.75) is 25.6 Å². The number of hydrogen-bond acceptors (Lipinski definition) is 5. The zero-order valence-corrected chi connectivity index (χ0v) is 17.4. The van der Waals surface area contributed by atoms with Gasteiger partial charge in [-0.1, -0.05) is 6.07 Å². The zero-order valence-electron chi connectivity index (χ0n) is 16.6. The van der Waals surface area contributed by atoms with Gasteiger partial charge >= 0.3 is 0 Å². The van der Waals surface area contributed by atoms with E-state index in [1.165, 1.54) is 10.6 Å². The number of methoxy groups -OCH3 is 3. The fourth-order valence-corrected chi connectivity index (χ4v) is 4.84. The fourth-order valence-electron chi connectivity index (χ4n) is 4.11. The van der Waals surface area contributed by atoms with Crippen LogP contribution in [0.1, 0.15) is 28.6 Å². The second kappa shape index (κ2) is 8.29. The summed E-state index contributed by atoms with van der Waals surface area (Å²) in [5, 5.41) is 2.14. The molecule has 0 spiro atoms. The molecule has 1 aliphatic heterocycles. The molecule has 4 rings (SSSR count). The average Bonchev–Trinajstić information content (AvgIpc) is 3.37. The number of nitrogens with zero attached hydrogens (tertiary/aromatic N) is 2. The Morgan fingerprint density at radius 1 is 0.964 bits per heavy atom. The van der Waals surface area contributed by atoms with Gasteiger partial charge in [0, 0.05) is 42.0 Å². The summed E-state index contributed by atoms with van der Waals surface area (Å²) in [7, 11) is 5.00. The molecule has 0 bridgehead atoms. The van der Waals surface area contributed by atoms with Gasteiger partial charge in [0.2, 0.25) is 5.75 Å². The normalized spacial score (nSPS) is 17.0. The lowest BCUT2D eigenvalue weighted by molar-refractivity contribution is 0.216. The van der Waals surface area contributed by atoms with Crippen LogP contribution in [0.4, 0.5) is 0 Å². The van der Waals surface area contributed by atoms with Crippen molar-refractivity contribution in [3.05, 3.63) is 64.1 Å². The molecule has 0 saturated heterocycles. The maximum Gasteiger partial charge on any atom is 0.203 e. The SMILES string of the molecule is COc1ccc(C2c3cccn3CCCN2Cc2cccs2)c(OC)c1OC. The Morgan fingerprint density at radius 3 is 2.54 bits per heavy atom. The Balaban J connectivity index is 1.85. The second-order valence-electron chi connectivity index (χ2n) is 6.86. The first-order valence-corrected chi connectivity index (χ1v) is 10.3. The van der Waals surface area contributed by atoms with Crippen LogP contribution < -0.4 is 14.2 Å². The quantitative estimate of drug-likeness (QED) is 0.609. The zero-order chi connectivity index (χ0) is 19.5. The topological polar surface area (TPSA) is 35.9 Å². The number of fused-ring (bicyclic) bond motifs is 1. The van der Waals surface area contributed by atoms with E-state index in [4.69, 9.17) is 14.2 Å². The van der Waals surface area contributed by atoms with E-state index >= 15 is 0 Å². The Labute approximate surface area is 170 Å². The van der Waals surface area contributed by atoms with Crippen molar-refractivity contribution in [3.8, 4) is 17.2 Å². The first-order valence-electron chi connectivity index (χ1n) is 9.47. The van der Waals surface area contributed by atoms with Crippen molar-refractivity contribution in [2.24, 2.45) is 0 Å². The van der Waals surface area contributed by atoms with Crippen molar-refractivity contribution in [2.75, 3.05) is 27.9 Å². The highest BCUT2D eigenvalue weighted by atomic mass is 32.1. The molecule has 0 N–H and O–H groups in total. The smallest absolute Gasteiger partial charge is 0.203 e. The number of aromatic nitrogens is 1. The molecular weight excluding hydrogens is 372 g/mol. The summed E-state index contributed by atoms with van der Waals surface area (Å²) >= 11 is 1.80. The van der Waals surface area contributed by atoms with Crippen LogP contribution in [0.3, 0.4) is 0 Å². The molecule has 28 heavy (non-hydrogen) atoms. The van der Waals surface area contributed by atoms with Crippen LogP contribution in [-0.2, 0) is 13.1 Å². The van der Waals surface area contributed by atoms with E-state index in [1.54, 1.807) is 32.7 Å². The first-order chi connectivity index (χ1) is 13.8. The summed E-state index contributed by atoms with van der Waals surface area (Å²) in [5.41, 5.74) is 2.37. The molecule has 0 fully saturated rings. The van der Waals surface area contributed by atoms with Crippen molar-refractivity contribution in [3.63, 3.8) is 0 Å². The van der Waals surface area contributed by atoms with Crippen molar-refractivity contribution in [1.82, 2.24) is 9.47 Å². The molecule has 0 radical (unpaired) electrons. The molecule has 3 heterocycles. The molecular formula is C22H26N2O3S. The summed E-state index contributed by atoms with van der Waals surface area (Å²) in [6, 6.07) is 12.8. The molecule has 6 heteroatoms. The number of hydrogen-bond donors (Lipinski definition) is 0. The molecule has 1 unspecified atom stereocenters. The van der Waals surface area contributed by atoms with E-state index < -0.39 is 0 Å². The average molecular weight is 399 g/mol. The van der Waals surface area contributed by atoms with E-state index in [0.29, 0.717) is 11.5 Å². The van der Waals surface area contributed by atoms with Gasteiger partial charge in [0.25, 0.3) is 0 Å². The number of thiophene rings is 1. The third-order valence-electron chi connectivity index (χ3n) is 5.32. The molecule has 5 nitrogen and oxygen atoms in total. The van der Waals surface area contributed by atoms with Crippen molar-refractivity contribution < 1.29 is 14.2 Å². The second-order valence-corrected chi connectivity index (χ2v) is 7.89. The van der Waals surface area contributed by atoms with Gasteiger partial charge in [0.05, 0.1) is 27.4 Å². The monoisotopic (exact) mass is 398 g/mol. The Morgan fingerprint density at radius 2 is 1.82 bits per heavy atom. The van der Waals surface area contributed by atoms with Crippen LogP contribution in [0, 0.1) is 0 Å². The first kappa shape index (κ1) is 18.9. The lowest BCUT2D eigenvalue weighted by Crippen LogP contribution is -2.29. The van der Waals surface area contributed by atoms with E-state index in [2.05, 4.69) is 51.4 Å². The third kappa shape index (κ3) is 3.38. The maximum atomic E-state index is 5.84. The predicted octanol–water partition coefficient (Wildman–Crippen LogP) is 4.57. The molecule has 0 amide bonds. The van der Waals surface area contributed by atoms with Crippen LogP contribution in [0.25, 0.3) is 0 Å². The van der Waals surface area contributed by atoms with Crippen LogP contribution in [-0.4, -0.2) is 37.3 Å². The van der Waals surface area contributed by atoms with Gasteiger partial charge in [-0.2, -0.15) is 0 Å². The number of ether oxygens (including phenoxy) is 3. The molecule has 3 aromatic rings. The number of benzene rings is 1. The summed E-state index contributed by atoms with van der Waals surface area (Å²) in [6.45, 7) is 2.95. The number of rotatable bonds is 6. The van der Waals surface area contributed by atoms with Gasteiger partial charge < -0.3 is 18.8 Å². The molecule has 148 valence electrons. The summed E-state index contributed by atoms with van der Waals surface area (Å²) < 4.78 is 19.3. The van der Waals surface area contributed by atoms with Crippen LogP contribution in [0.2, 0.25) is 0 Å².